The summed E-state index contributed by atoms with van der Waals surface area (Å²) in [6.45, 7) is 6.68. The molecule has 1 unspecified atom stereocenters. The van der Waals surface area contributed by atoms with Crippen LogP contribution in [0.25, 0.3) is 10.9 Å². The molecule has 2 aliphatic heterocycles. The molecule has 2 aromatic rings. The van der Waals surface area contributed by atoms with Crippen molar-refractivity contribution in [1.82, 2.24) is 14.8 Å². The number of nitrogens with zero attached hydrogens (tertiary/aromatic N) is 2. The van der Waals surface area contributed by atoms with Gasteiger partial charge in [0.15, 0.2) is 0 Å². The van der Waals surface area contributed by atoms with Crippen molar-refractivity contribution in [1.29, 1.82) is 0 Å². The van der Waals surface area contributed by atoms with E-state index in [1.807, 2.05) is 12.1 Å². The van der Waals surface area contributed by atoms with Gasteiger partial charge in [-0.2, -0.15) is 0 Å². The quantitative estimate of drug-likeness (QED) is 0.907. The lowest BCUT2D eigenvalue weighted by atomic mass is 10.1. The lowest BCUT2D eigenvalue weighted by Gasteiger charge is -2.26. The number of aromatic nitrogens is 1. The Morgan fingerprint density at radius 1 is 1.32 bits per heavy atom. The first-order valence-corrected chi connectivity index (χ1v) is 8.90. The summed E-state index contributed by atoms with van der Waals surface area (Å²) >= 11 is 0. The summed E-state index contributed by atoms with van der Waals surface area (Å²) < 4.78 is 7.39. The number of ether oxygens (including phenoxy) is 1. The van der Waals surface area contributed by atoms with Gasteiger partial charge in [0.2, 0.25) is 5.43 Å². The van der Waals surface area contributed by atoms with Crippen molar-refractivity contribution < 1.29 is 9.53 Å². The fourth-order valence-electron chi connectivity index (χ4n) is 3.83. The zero-order chi connectivity index (χ0) is 17.4. The number of carbonyl (C=O) groups excluding carboxylic acids is 1. The van der Waals surface area contributed by atoms with Gasteiger partial charge in [0.05, 0.1) is 18.7 Å². The van der Waals surface area contributed by atoms with Crippen molar-refractivity contribution in [2.24, 2.45) is 0 Å². The van der Waals surface area contributed by atoms with Crippen LogP contribution >= 0.6 is 0 Å². The van der Waals surface area contributed by atoms with Crippen molar-refractivity contribution in [2.45, 2.75) is 19.4 Å². The Morgan fingerprint density at radius 2 is 2.12 bits per heavy atom. The molecule has 0 spiro atoms. The monoisotopic (exact) mass is 341 g/mol. The molecule has 1 aromatic carbocycles. The van der Waals surface area contributed by atoms with Crippen LogP contribution in [0.4, 0.5) is 0 Å². The molecule has 25 heavy (non-hydrogen) atoms. The third-order valence-corrected chi connectivity index (χ3v) is 5.19. The molecule has 1 N–H and O–H groups in total. The maximum absolute atomic E-state index is 12.8. The van der Waals surface area contributed by atoms with Crippen molar-refractivity contribution in [3.05, 3.63) is 45.7 Å². The van der Waals surface area contributed by atoms with Crippen LogP contribution in [0.5, 0.6) is 0 Å². The molecule has 0 bridgehead atoms. The van der Waals surface area contributed by atoms with Crippen LogP contribution < -0.4 is 10.7 Å². The Morgan fingerprint density at radius 3 is 2.92 bits per heavy atom. The van der Waals surface area contributed by atoms with Crippen molar-refractivity contribution in [2.75, 3.05) is 39.4 Å². The van der Waals surface area contributed by atoms with Gasteiger partial charge in [0.1, 0.15) is 5.56 Å². The standard InChI is InChI=1S/C19H23N3O3/c1-13-11-14-3-2-4-15-17(14)22(13)12-16(18(15)23)19(24)20-5-6-21-7-9-25-10-8-21/h2-4,12-13H,5-11H2,1H3,(H,20,24). The number of hydrogen-bond acceptors (Lipinski definition) is 4. The highest BCUT2D eigenvalue weighted by Crippen LogP contribution is 2.30. The number of carbonyl (C=O) groups is 1. The topological polar surface area (TPSA) is 63.6 Å². The second-order valence-electron chi connectivity index (χ2n) is 6.86. The van der Waals surface area contributed by atoms with E-state index >= 15 is 0 Å². The third-order valence-electron chi connectivity index (χ3n) is 5.19. The van der Waals surface area contributed by atoms with E-state index in [0.717, 1.165) is 44.8 Å². The zero-order valence-electron chi connectivity index (χ0n) is 14.5. The molecule has 132 valence electrons. The molecule has 6 nitrogen and oxygen atoms in total. The van der Waals surface area contributed by atoms with Crippen LogP contribution in [-0.4, -0.2) is 54.8 Å². The normalized spacial score (nSPS) is 20.1. The van der Waals surface area contributed by atoms with E-state index in [2.05, 4.69) is 27.8 Å². The Bertz CT molecular complexity index is 868. The molecule has 1 atom stereocenters. The van der Waals surface area contributed by atoms with Gasteiger partial charge in [-0.05, 0) is 25.0 Å². The fourth-order valence-corrected chi connectivity index (χ4v) is 3.83. The van der Waals surface area contributed by atoms with Crippen molar-refractivity contribution in [3.8, 4) is 0 Å². The van der Waals surface area contributed by atoms with Crippen LogP contribution in [0.1, 0.15) is 28.9 Å². The predicted octanol–water partition coefficient (Wildman–Crippen LogP) is 1.18. The Kier molecular flexibility index (Phi) is 4.31. The molecule has 0 aliphatic carbocycles. The number of rotatable bonds is 4. The average Bonchev–Trinajstić information content (AvgIpc) is 2.95. The maximum atomic E-state index is 12.8. The number of benzene rings is 1. The number of amides is 1. The maximum Gasteiger partial charge on any atom is 0.256 e. The van der Waals surface area contributed by atoms with Gasteiger partial charge in [-0.3, -0.25) is 14.5 Å². The van der Waals surface area contributed by atoms with Gasteiger partial charge >= 0.3 is 0 Å². The van der Waals surface area contributed by atoms with E-state index in [1.54, 1.807) is 6.20 Å². The minimum Gasteiger partial charge on any atom is -0.379 e. The summed E-state index contributed by atoms with van der Waals surface area (Å²) in [6.07, 6.45) is 2.63. The molecule has 4 rings (SSSR count). The predicted molar refractivity (Wildman–Crippen MR) is 96.2 cm³/mol. The minimum atomic E-state index is -0.284. The third kappa shape index (κ3) is 2.96. The largest absolute Gasteiger partial charge is 0.379 e. The molecule has 1 aromatic heterocycles. The summed E-state index contributed by atoms with van der Waals surface area (Å²) in [5.41, 5.74) is 2.22. The summed E-state index contributed by atoms with van der Waals surface area (Å²) in [5.74, 6) is -0.284. The lowest BCUT2D eigenvalue weighted by Crippen LogP contribution is -2.42. The highest BCUT2D eigenvalue weighted by Gasteiger charge is 2.24. The Hall–Kier alpha value is -2.18. The van der Waals surface area contributed by atoms with Gasteiger partial charge in [0, 0.05) is 43.8 Å². The first-order chi connectivity index (χ1) is 12.1. The van der Waals surface area contributed by atoms with E-state index in [0.29, 0.717) is 11.9 Å². The molecular weight excluding hydrogens is 318 g/mol. The Labute approximate surface area is 146 Å². The van der Waals surface area contributed by atoms with Crippen LogP contribution in [0.3, 0.4) is 0 Å². The molecule has 0 saturated carbocycles. The van der Waals surface area contributed by atoms with E-state index in [4.69, 9.17) is 4.74 Å². The second kappa shape index (κ2) is 6.61. The summed E-state index contributed by atoms with van der Waals surface area (Å²) in [5, 5.41) is 3.54. The van der Waals surface area contributed by atoms with Gasteiger partial charge in [-0.25, -0.2) is 0 Å². The SMILES string of the molecule is CC1Cc2cccc3c(=O)c(C(=O)NCCN4CCOCC4)cn1c23. The number of para-hydroxylation sites is 1. The van der Waals surface area contributed by atoms with Crippen LogP contribution in [0.2, 0.25) is 0 Å². The summed E-state index contributed by atoms with van der Waals surface area (Å²) in [4.78, 5) is 27.6. The Balaban J connectivity index is 1.54. The highest BCUT2D eigenvalue weighted by atomic mass is 16.5. The van der Waals surface area contributed by atoms with Crippen LogP contribution in [0, 0.1) is 0 Å². The molecule has 6 heteroatoms. The van der Waals surface area contributed by atoms with Crippen LogP contribution in [-0.2, 0) is 11.2 Å². The number of hydrogen-bond donors (Lipinski definition) is 1. The lowest BCUT2D eigenvalue weighted by molar-refractivity contribution is 0.0383. The number of nitrogens with one attached hydrogen (secondary N) is 1. The minimum absolute atomic E-state index is 0.175. The molecule has 0 radical (unpaired) electrons. The van der Waals surface area contributed by atoms with Crippen LogP contribution in [0.15, 0.2) is 29.2 Å². The number of pyridine rings is 1. The van der Waals surface area contributed by atoms with Gasteiger partial charge in [-0.15, -0.1) is 0 Å². The molecule has 2 aliphatic rings. The molecule has 1 saturated heterocycles. The average molecular weight is 341 g/mol. The van der Waals surface area contributed by atoms with Crippen molar-refractivity contribution in [3.63, 3.8) is 0 Å². The molecule has 1 fully saturated rings. The summed E-state index contributed by atoms with van der Waals surface area (Å²) in [7, 11) is 0. The fraction of sp³-hybridized carbons (Fsp3) is 0.474. The van der Waals surface area contributed by atoms with Gasteiger partial charge in [-0.1, -0.05) is 12.1 Å². The second-order valence-corrected chi connectivity index (χ2v) is 6.86. The van der Waals surface area contributed by atoms with Gasteiger partial charge in [0.25, 0.3) is 5.91 Å². The van der Waals surface area contributed by atoms with E-state index in [9.17, 15) is 9.59 Å². The van der Waals surface area contributed by atoms with E-state index in [-0.39, 0.29) is 22.9 Å². The van der Waals surface area contributed by atoms with Gasteiger partial charge < -0.3 is 14.6 Å². The van der Waals surface area contributed by atoms with E-state index in [1.165, 1.54) is 5.56 Å². The zero-order valence-corrected chi connectivity index (χ0v) is 14.5. The first kappa shape index (κ1) is 16.3. The molecule has 1 amide bonds. The first-order valence-electron chi connectivity index (χ1n) is 8.90. The molecular formula is C19H23N3O3. The van der Waals surface area contributed by atoms with Crippen molar-refractivity contribution >= 4 is 16.8 Å². The highest BCUT2D eigenvalue weighted by molar-refractivity contribution is 5.98. The smallest absolute Gasteiger partial charge is 0.256 e. The molecule has 3 heterocycles. The summed E-state index contributed by atoms with van der Waals surface area (Å²) in [6, 6.07) is 6.05. The number of morpholine rings is 1. The van der Waals surface area contributed by atoms with E-state index < -0.39 is 0 Å².